The van der Waals surface area contributed by atoms with Gasteiger partial charge in [-0.1, -0.05) is 36.4 Å². The Morgan fingerprint density at radius 2 is 1.97 bits per heavy atom. The number of ketones is 1. The van der Waals surface area contributed by atoms with Gasteiger partial charge in [-0.05, 0) is 59.9 Å². The predicted molar refractivity (Wildman–Crippen MR) is 115 cm³/mol. The quantitative estimate of drug-likeness (QED) is 0.624. The first-order valence-corrected chi connectivity index (χ1v) is 10.2. The van der Waals surface area contributed by atoms with Crippen molar-refractivity contribution in [3.8, 4) is 11.5 Å². The number of phenols is 1. The second-order valence-corrected chi connectivity index (χ2v) is 7.64. The lowest BCUT2D eigenvalue weighted by Gasteiger charge is -2.35. The first kappa shape index (κ1) is 17.8. The molecule has 0 bridgehead atoms. The van der Waals surface area contributed by atoms with Crippen LogP contribution in [0.1, 0.15) is 43.2 Å². The molecule has 0 saturated carbocycles. The molecule has 4 heteroatoms. The number of phenolic OH excluding ortho intramolecular Hbond substituents is 1. The van der Waals surface area contributed by atoms with Gasteiger partial charge in [0.05, 0.1) is 6.61 Å². The van der Waals surface area contributed by atoms with Crippen LogP contribution in [0.2, 0.25) is 0 Å². The van der Waals surface area contributed by atoms with E-state index in [1.807, 2.05) is 31.2 Å². The van der Waals surface area contributed by atoms with E-state index in [9.17, 15) is 9.90 Å². The summed E-state index contributed by atoms with van der Waals surface area (Å²) in [7, 11) is 0. The van der Waals surface area contributed by atoms with Crippen molar-refractivity contribution in [3.05, 3.63) is 77.0 Å². The Balaban J connectivity index is 1.80. The Kier molecular flexibility index (Phi) is 4.27. The van der Waals surface area contributed by atoms with Crippen molar-refractivity contribution in [2.75, 3.05) is 11.9 Å². The van der Waals surface area contributed by atoms with Gasteiger partial charge in [0.15, 0.2) is 17.3 Å². The third-order valence-electron chi connectivity index (χ3n) is 5.91. The second-order valence-electron chi connectivity index (χ2n) is 7.64. The van der Waals surface area contributed by atoms with Crippen LogP contribution >= 0.6 is 0 Å². The van der Waals surface area contributed by atoms with E-state index in [2.05, 4.69) is 29.6 Å². The van der Waals surface area contributed by atoms with Crippen molar-refractivity contribution in [3.63, 3.8) is 0 Å². The summed E-state index contributed by atoms with van der Waals surface area (Å²) in [4.78, 5) is 13.1. The molecule has 0 fully saturated rings. The molecule has 1 atom stereocenters. The summed E-state index contributed by atoms with van der Waals surface area (Å²) in [6.07, 6.45) is 2.33. The lowest BCUT2D eigenvalue weighted by molar-refractivity contribution is -0.116. The summed E-state index contributed by atoms with van der Waals surface area (Å²) < 4.78 is 5.64. The van der Waals surface area contributed by atoms with Crippen molar-refractivity contribution < 1.29 is 14.6 Å². The SMILES string of the molecule is CCOc1cc([C@@H]2C3=C(CCCC3=O)Nc3ccc4ccccc4c32)ccc1O. The van der Waals surface area contributed by atoms with Gasteiger partial charge in [-0.3, -0.25) is 4.79 Å². The number of hydrogen-bond acceptors (Lipinski definition) is 4. The standard InChI is InChI=1S/C25H23NO3/c1-2-29-22-14-16(11-13-20(22)27)23-24-17-7-4-3-6-15(17)10-12-19(24)26-18-8-5-9-21(28)25(18)23/h3-4,6-7,10-14,23,26-27H,2,5,8-9H2,1H3/t23-/m0/s1. The van der Waals surface area contributed by atoms with Crippen molar-refractivity contribution in [1.29, 1.82) is 0 Å². The molecule has 3 aromatic carbocycles. The van der Waals surface area contributed by atoms with Gasteiger partial charge >= 0.3 is 0 Å². The first-order chi connectivity index (χ1) is 14.2. The molecule has 1 heterocycles. The number of fused-ring (bicyclic) bond motifs is 3. The summed E-state index contributed by atoms with van der Waals surface area (Å²) in [6, 6.07) is 18.0. The third kappa shape index (κ3) is 2.87. The minimum Gasteiger partial charge on any atom is -0.504 e. The fourth-order valence-corrected chi connectivity index (χ4v) is 4.67. The van der Waals surface area contributed by atoms with Gasteiger partial charge in [0, 0.05) is 29.3 Å². The van der Waals surface area contributed by atoms with Crippen LogP contribution < -0.4 is 10.1 Å². The highest BCUT2D eigenvalue weighted by Gasteiger charge is 2.36. The molecule has 0 unspecified atom stereocenters. The second kappa shape index (κ2) is 6.96. The van der Waals surface area contributed by atoms with E-state index in [1.165, 1.54) is 0 Å². The molecule has 1 aliphatic heterocycles. The Bertz CT molecular complexity index is 1160. The van der Waals surface area contributed by atoms with E-state index in [4.69, 9.17) is 4.74 Å². The monoisotopic (exact) mass is 385 g/mol. The van der Waals surface area contributed by atoms with Crippen LogP contribution in [-0.4, -0.2) is 17.5 Å². The lowest BCUT2D eigenvalue weighted by Crippen LogP contribution is -2.27. The molecular weight excluding hydrogens is 362 g/mol. The third-order valence-corrected chi connectivity index (χ3v) is 5.91. The van der Waals surface area contributed by atoms with Crippen LogP contribution in [0.15, 0.2) is 65.9 Å². The summed E-state index contributed by atoms with van der Waals surface area (Å²) >= 11 is 0. The van der Waals surface area contributed by atoms with Crippen LogP contribution in [-0.2, 0) is 4.79 Å². The minimum absolute atomic E-state index is 0.117. The number of carbonyl (C=O) groups is 1. The van der Waals surface area contributed by atoms with Crippen LogP contribution in [0.5, 0.6) is 11.5 Å². The maximum atomic E-state index is 13.1. The number of anilines is 1. The lowest BCUT2D eigenvalue weighted by atomic mass is 9.74. The molecule has 146 valence electrons. The molecule has 1 aliphatic carbocycles. The largest absolute Gasteiger partial charge is 0.504 e. The molecule has 29 heavy (non-hydrogen) atoms. The maximum absolute atomic E-state index is 13.1. The van der Waals surface area contributed by atoms with Gasteiger partial charge in [-0.25, -0.2) is 0 Å². The fraction of sp³-hybridized carbons (Fsp3) is 0.240. The predicted octanol–water partition coefficient (Wildman–Crippen LogP) is 5.51. The van der Waals surface area contributed by atoms with Crippen molar-refractivity contribution in [2.45, 2.75) is 32.1 Å². The van der Waals surface area contributed by atoms with Crippen molar-refractivity contribution in [2.24, 2.45) is 0 Å². The summed E-state index contributed by atoms with van der Waals surface area (Å²) in [5, 5.41) is 16.0. The summed E-state index contributed by atoms with van der Waals surface area (Å²) in [6.45, 7) is 2.36. The van der Waals surface area contributed by atoms with Crippen molar-refractivity contribution >= 4 is 22.2 Å². The number of rotatable bonds is 3. The zero-order chi connectivity index (χ0) is 20.0. The molecule has 5 rings (SSSR count). The normalized spacial score (nSPS) is 18.2. The number of benzene rings is 3. The molecule has 2 aliphatic rings. The van der Waals surface area contributed by atoms with E-state index in [0.29, 0.717) is 18.8 Å². The number of aromatic hydroxyl groups is 1. The minimum atomic E-state index is -0.181. The Morgan fingerprint density at radius 3 is 2.83 bits per heavy atom. The number of Topliss-reactive ketones (excluding diaryl/α,β-unsaturated/α-hetero) is 1. The van der Waals surface area contributed by atoms with E-state index in [1.54, 1.807) is 6.07 Å². The zero-order valence-corrected chi connectivity index (χ0v) is 16.4. The molecule has 3 aromatic rings. The van der Waals surface area contributed by atoms with Crippen LogP contribution in [0.4, 0.5) is 5.69 Å². The molecule has 0 radical (unpaired) electrons. The Morgan fingerprint density at radius 1 is 1.10 bits per heavy atom. The average molecular weight is 385 g/mol. The van der Waals surface area contributed by atoms with E-state index < -0.39 is 0 Å². The number of nitrogens with one attached hydrogen (secondary N) is 1. The smallest absolute Gasteiger partial charge is 0.161 e. The van der Waals surface area contributed by atoms with Gasteiger partial charge in [0.2, 0.25) is 0 Å². The highest BCUT2D eigenvalue weighted by atomic mass is 16.5. The van der Waals surface area contributed by atoms with Crippen molar-refractivity contribution in [1.82, 2.24) is 0 Å². The maximum Gasteiger partial charge on any atom is 0.161 e. The molecular formula is C25H23NO3. The van der Waals surface area contributed by atoms with E-state index in [-0.39, 0.29) is 17.5 Å². The van der Waals surface area contributed by atoms with Gasteiger partial charge in [0.25, 0.3) is 0 Å². The highest BCUT2D eigenvalue weighted by Crippen LogP contribution is 2.48. The fourth-order valence-electron chi connectivity index (χ4n) is 4.67. The number of ether oxygens (including phenoxy) is 1. The Labute approximate surface area is 169 Å². The topological polar surface area (TPSA) is 58.6 Å². The first-order valence-electron chi connectivity index (χ1n) is 10.2. The Hall–Kier alpha value is -3.27. The number of carbonyl (C=O) groups excluding carboxylic acids is 1. The van der Waals surface area contributed by atoms with E-state index >= 15 is 0 Å². The van der Waals surface area contributed by atoms with E-state index in [0.717, 1.165) is 51.7 Å². The van der Waals surface area contributed by atoms with Gasteiger partial charge in [-0.15, -0.1) is 0 Å². The zero-order valence-electron chi connectivity index (χ0n) is 16.4. The number of hydrogen-bond donors (Lipinski definition) is 2. The molecule has 4 nitrogen and oxygen atoms in total. The van der Waals surface area contributed by atoms with Gasteiger partial charge in [0.1, 0.15) is 0 Å². The van der Waals surface area contributed by atoms with Crippen LogP contribution in [0.3, 0.4) is 0 Å². The molecule has 0 aromatic heterocycles. The molecule has 0 saturated heterocycles. The van der Waals surface area contributed by atoms with Gasteiger partial charge in [-0.2, -0.15) is 0 Å². The van der Waals surface area contributed by atoms with Gasteiger partial charge < -0.3 is 15.2 Å². The molecule has 0 spiro atoms. The van der Waals surface area contributed by atoms with Crippen LogP contribution in [0.25, 0.3) is 10.8 Å². The van der Waals surface area contributed by atoms with Crippen LogP contribution in [0, 0.1) is 0 Å². The molecule has 2 N–H and O–H groups in total. The highest BCUT2D eigenvalue weighted by molar-refractivity contribution is 6.04. The summed E-state index contributed by atoms with van der Waals surface area (Å²) in [5.41, 5.74) is 5.01. The molecule has 0 amide bonds. The summed E-state index contributed by atoms with van der Waals surface area (Å²) in [5.74, 6) is 0.593. The average Bonchev–Trinajstić information content (AvgIpc) is 2.74. The number of allylic oxidation sites excluding steroid dienone is 2.